The summed E-state index contributed by atoms with van der Waals surface area (Å²) in [6, 6.07) is 10.1. The number of ether oxygens (including phenoxy) is 1. The Bertz CT molecular complexity index is 918. The summed E-state index contributed by atoms with van der Waals surface area (Å²) in [6.07, 6.45) is 0.928. The molecular weight excluding hydrogens is 372 g/mol. The Hall–Kier alpha value is -2.45. The van der Waals surface area contributed by atoms with Crippen LogP contribution in [0.15, 0.2) is 40.5 Å². The van der Waals surface area contributed by atoms with Gasteiger partial charge in [0.1, 0.15) is 16.6 Å². The van der Waals surface area contributed by atoms with Crippen molar-refractivity contribution in [3.63, 3.8) is 0 Å². The molecule has 0 aliphatic carbocycles. The molecular formula is C20H26N6OS. The fourth-order valence-electron chi connectivity index (χ4n) is 3.14. The molecule has 0 saturated heterocycles. The molecule has 1 aromatic carbocycles. The highest BCUT2D eigenvalue weighted by molar-refractivity contribution is 7.99. The number of hydrogen-bond donors (Lipinski definition) is 0. The summed E-state index contributed by atoms with van der Waals surface area (Å²) in [4.78, 5) is 11.1. The summed E-state index contributed by atoms with van der Waals surface area (Å²) in [7, 11) is 5.79. The van der Waals surface area contributed by atoms with E-state index in [-0.39, 0.29) is 6.04 Å². The summed E-state index contributed by atoms with van der Waals surface area (Å²) in [6.45, 7) is 6.02. The lowest BCUT2D eigenvalue weighted by molar-refractivity contribution is 0.276. The first-order valence-electron chi connectivity index (χ1n) is 9.19. The molecule has 3 rings (SSSR count). The van der Waals surface area contributed by atoms with Crippen molar-refractivity contribution in [3.8, 4) is 11.4 Å². The molecule has 2 heterocycles. The highest BCUT2D eigenvalue weighted by Crippen LogP contribution is 2.32. The average molecular weight is 399 g/mol. The Kier molecular flexibility index (Phi) is 6.31. The molecule has 2 aromatic heterocycles. The van der Waals surface area contributed by atoms with E-state index in [9.17, 15) is 0 Å². The quantitative estimate of drug-likeness (QED) is 0.560. The second-order valence-corrected chi connectivity index (χ2v) is 7.75. The minimum absolute atomic E-state index is 0.151. The first kappa shape index (κ1) is 20.3. The maximum atomic E-state index is 5.30. The Morgan fingerprint density at radius 2 is 1.82 bits per heavy atom. The second-order valence-electron chi connectivity index (χ2n) is 6.76. The third kappa shape index (κ3) is 4.34. The van der Waals surface area contributed by atoms with Crippen LogP contribution < -0.4 is 4.74 Å². The van der Waals surface area contributed by atoms with Crippen molar-refractivity contribution in [3.05, 3.63) is 47.7 Å². The zero-order valence-corrected chi connectivity index (χ0v) is 18.0. The summed E-state index contributed by atoms with van der Waals surface area (Å²) >= 11 is 1.50. The molecule has 0 aliphatic rings. The number of benzene rings is 1. The van der Waals surface area contributed by atoms with Gasteiger partial charge in [0.2, 0.25) is 5.16 Å². The molecule has 3 aromatic rings. The maximum absolute atomic E-state index is 5.30. The van der Waals surface area contributed by atoms with E-state index in [0.29, 0.717) is 0 Å². The van der Waals surface area contributed by atoms with Gasteiger partial charge >= 0.3 is 0 Å². The van der Waals surface area contributed by atoms with Crippen LogP contribution in [0.2, 0.25) is 0 Å². The SMILES string of the molecule is CC[C@H](c1nnc(Sc2cc(C)nc(C)n2)n1-c1ccc(OC)cc1)N(C)C. The highest BCUT2D eigenvalue weighted by Gasteiger charge is 2.23. The van der Waals surface area contributed by atoms with Gasteiger partial charge in [0.05, 0.1) is 13.2 Å². The van der Waals surface area contributed by atoms with Crippen molar-refractivity contribution in [1.82, 2.24) is 29.6 Å². The van der Waals surface area contributed by atoms with Gasteiger partial charge in [-0.15, -0.1) is 10.2 Å². The van der Waals surface area contributed by atoms with Crippen LogP contribution in [0, 0.1) is 13.8 Å². The lowest BCUT2D eigenvalue weighted by Gasteiger charge is -2.23. The van der Waals surface area contributed by atoms with Crippen molar-refractivity contribution in [2.45, 2.75) is 43.4 Å². The minimum Gasteiger partial charge on any atom is -0.497 e. The van der Waals surface area contributed by atoms with Gasteiger partial charge in [-0.25, -0.2) is 9.97 Å². The molecule has 0 bridgehead atoms. The number of rotatable bonds is 7. The largest absolute Gasteiger partial charge is 0.497 e. The molecule has 0 saturated carbocycles. The van der Waals surface area contributed by atoms with Crippen LogP contribution in [-0.4, -0.2) is 50.8 Å². The Morgan fingerprint density at radius 1 is 1.11 bits per heavy atom. The second kappa shape index (κ2) is 8.70. The number of methoxy groups -OCH3 is 1. The summed E-state index contributed by atoms with van der Waals surface area (Å²) in [5.41, 5.74) is 1.93. The molecule has 0 unspecified atom stereocenters. The van der Waals surface area contributed by atoms with Crippen molar-refractivity contribution in [2.24, 2.45) is 0 Å². The minimum atomic E-state index is 0.151. The molecule has 28 heavy (non-hydrogen) atoms. The zero-order chi connectivity index (χ0) is 20.3. The van der Waals surface area contributed by atoms with Crippen molar-refractivity contribution in [2.75, 3.05) is 21.2 Å². The van der Waals surface area contributed by atoms with Gasteiger partial charge in [0.25, 0.3) is 0 Å². The number of aryl methyl sites for hydroxylation is 2. The molecule has 0 spiro atoms. The van der Waals surface area contributed by atoms with E-state index in [1.807, 2.05) is 44.2 Å². The Morgan fingerprint density at radius 3 is 2.39 bits per heavy atom. The summed E-state index contributed by atoms with van der Waals surface area (Å²) in [5.74, 6) is 2.47. The third-order valence-electron chi connectivity index (χ3n) is 4.44. The number of aromatic nitrogens is 5. The van der Waals surface area contributed by atoms with Gasteiger partial charge < -0.3 is 4.74 Å². The first-order valence-corrected chi connectivity index (χ1v) is 10.0. The van der Waals surface area contributed by atoms with Gasteiger partial charge in [0, 0.05) is 11.4 Å². The van der Waals surface area contributed by atoms with Crippen LogP contribution in [0.5, 0.6) is 5.75 Å². The van der Waals surface area contributed by atoms with Crippen LogP contribution in [-0.2, 0) is 0 Å². The molecule has 0 N–H and O–H groups in total. The summed E-state index contributed by atoms with van der Waals surface area (Å²) < 4.78 is 7.41. The van der Waals surface area contributed by atoms with E-state index in [2.05, 4.69) is 50.7 Å². The smallest absolute Gasteiger partial charge is 0.202 e. The van der Waals surface area contributed by atoms with Crippen molar-refractivity contribution in [1.29, 1.82) is 0 Å². The van der Waals surface area contributed by atoms with Crippen molar-refractivity contribution < 1.29 is 4.74 Å². The fourth-order valence-corrected chi connectivity index (χ4v) is 4.11. The van der Waals surface area contributed by atoms with E-state index in [1.54, 1.807) is 7.11 Å². The predicted octanol–water partition coefficient (Wildman–Crippen LogP) is 3.85. The molecule has 8 heteroatoms. The topological polar surface area (TPSA) is 69.0 Å². The van der Waals surface area contributed by atoms with Crippen LogP contribution in [0.3, 0.4) is 0 Å². The van der Waals surface area contributed by atoms with E-state index in [4.69, 9.17) is 4.74 Å². The molecule has 1 atom stereocenters. The van der Waals surface area contributed by atoms with Crippen LogP contribution >= 0.6 is 11.8 Å². The molecule has 0 radical (unpaired) electrons. The normalized spacial score (nSPS) is 12.4. The standard InChI is InChI=1S/C20H26N6OS/c1-7-17(25(4)5)19-23-24-20(28-18-12-13(2)21-14(3)22-18)26(19)15-8-10-16(27-6)11-9-15/h8-12,17H,7H2,1-6H3/t17-/m1/s1. The molecule has 148 valence electrons. The summed E-state index contributed by atoms with van der Waals surface area (Å²) in [5, 5.41) is 10.7. The van der Waals surface area contributed by atoms with E-state index in [0.717, 1.165) is 45.4 Å². The van der Waals surface area contributed by atoms with E-state index >= 15 is 0 Å². The van der Waals surface area contributed by atoms with Gasteiger partial charge in [-0.05, 0) is 76.5 Å². The van der Waals surface area contributed by atoms with E-state index < -0.39 is 0 Å². The Labute approximate surface area is 170 Å². The van der Waals surface area contributed by atoms with Gasteiger partial charge in [-0.3, -0.25) is 9.47 Å². The Balaban J connectivity index is 2.09. The van der Waals surface area contributed by atoms with Crippen LogP contribution in [0.4, 0.5) is 0 Å². The maximum Gasteiger partial charge on any atom is 0.202 e. The monoisotopic (exact) mass is 398 g/mol. The van der Waals surface area contributed by atoms with E-state index in [1.165, 1.54) is 11.8 Å². The number of nitrogens with zero attached hydrogens (tertiary/aromatic N) is 6. The fraction of sp³-hybridized carbons (Fsp3) is 0.400. The third-order valence-corrected chi connectivity index (χ3v) is 5.30. The van der Waals surface area contributed by atoms with Crippen LogP contribution in [0.25, 0.3) is 5.69 Å². The van der Waals surface area contributed by atoms with Gasteiger partial charge in [-0.1, -0.05) is 6.92 Å². The van der Waals surface area contributed by atoms with Crippen LogP contribution in [0.1, 0.15) is 36.7 Å². The van der Waals surface area contributed by atoms with Crippen molar-refractivity contribution >= 4 is 11.8 Å². The highest BCUT2D eigenvalue weighted by atomic mass is 32.2. The van der Waals surface area contributed by atoms with Gasteiger partial charge in [0.15, 0.2) is 5.82 Å². The molecule has 0 fully saturated rings. The van der Waals surface area contributed by atoms with Gasteiger partial charge in [-0.2, -0.15) is 0 Å². The molecule has 0 aliphatic heterocycles. The predicted molar refractivity (Wildman–Crippen MR) is 110 cm³/mol. The lowest BCUT2D eigenvalue weighted by Crippen LogP contribution is -2.22. The molecule has 0 amide bonds. The first-order chi connectivity index (χ1) is 13.4. The molecule has 7 nitrogen and oxygen atoms in total. The zero-order valence-electron chi connectivity index (χ0n) is 17.2. The number of hydrogen-bond acceptors (Lipinski definition) is 7. The average Bonchev–Trinajstić information content (AvgIpc) is 3.04. The lowest BCUT2D eigenvalue weighted by atomic mass is 10.2.